The van der Waals surface area contributed by atoms with Crippen LogP contribution in [0.25, 0.3) is 31.9 Å². The monoisotopic (exact) mass is 392 g/mol. The minimum atomic E-state index is -0.243. The number of rotatable bonds is 4. The van der Waals surface area contributed by atoms with Gasteiger partial charge < -0.3 is 14.5 Å². The van der Waals surface area contributed by atoms with Crippen LogP contribution in [-0.2, 0) is 17.8 Å². The number of aromatic nitrogens is 3. The van der Waals surface area contributed by atoms with Gasteiger partial charge in [-0.05, 0) is 31.5 Å². The summed E-state index contributed by atoms with van der Waals surface area (Å²) in [6.07, 6.45) is 5.89. The van der Waals surface area contributed by atoms with E-state index in [9.17, 15) is 0 Å². The summed E-state index contributed by atoms with van der Waals surface area (Å²) in [5, 5.41) is 4.41. The van der Waals surface area contributed by atoms with Gasteiger partial charge in [0.1, 0.15) is 22.7 Å². The first kappa shape index (κ1) is 17.3. The normalized spacial score (nSPS) is 15.6. The van der Waals surface area contributed by atoms with Gasteiger partial charge in [0, 0.05) is 23.9 Å². The van der Waals surface area contributed by atoms with Gasteiger partial charge in [-0.3, -0.25) is 0 Å². The lowest BCUT2D eigenvalue weighted by Crippen LogP contribution is -2.32. The highest BCUT2D eigenvalue weighted by Crippen LogP contribution is 2.44. The molecule has 142 valence electrons. The summed E-state index contributed by atoms with van der Waals surface area (Å²) in [5.74, 6) is 1.57. The molecule has 0 saturated heterocycles. The summed E-state index contributed by atoms with van der Waals surface area (Å²) >= 11 is 1.61. The molecule has 0 saturated carbocycles. The number of hydrogen-bond donors (Lipinski definition) is 1. The van der Waals surface area contributed by atoms with E-state index in [4.69, 9.17) is 14.1 Å². The minimum absolute atomic E-state index is 0.243. The number of hydrogen-bond acceptors (Lipinski definition) is 7. The zero-order valence-corrected chi connectivity index (χ0v) is 16.6. The Morgan fingerprint density at radius 2 is 2.21 bits per heavy atom. The molecule has 0 aromatic carbocycles. The van der Waals surface area contributed by atoms with Gasteiger partial charge in [0.15, 0.2) is 5.76 Å². The van der Waals surface area contributed by atoms with Crippen molar-refractivity contribution in [3.8, 4) is 11.5 Å². The van der Waals surface area contributed by atoms with Crippen LogP contribution in [0.2, 0.25) is 0 Å². The highest BCUT2D eigenvalue weighted by Gasteiger charge is 2.32. The van der Waals surface area contributed by atoms with Crippen LogP contribution in [0.3, 0.4) is 0 Å². The predicted molar refractivity (Wildman–Crippen MR) is 112 cm³/mol. The van der Waals surface area contributed by atoms with E-state index in [1.165, 1.54) is 5.56 Å². The largest absolute Gasteiger partial charge is 0.463 e. The maximum Gasteiger partial charge on any atom is 0.152 e. The van der Waals surface area contributed by atoms with Crippen LogP contribution < -0.4 is 5.32 Å². The van der Waals surface area contributed by atoms with Gasteiger partial charge in [-0.2, -0.15) is 0 Å². The third-order valence-electron chi connectivity index (χ3n) is 5.00. The lowest BCUT2D eigenvalue weighted by Gasteiger charge is -2.32. The van der Waals surface area contributed by atoms with Gasteiger partial charge in [0.25, 0.3) is 0 Å². The molecule has 4 aromatic heterocycles. The van der Waals surface area contributed by atoms with Crippen LogP contribution in [0.4, 0.5) is 5.82 Å². The number of thiophene rings is 1. The van der Waals surface area contributed by atoms with Crippen molar-refractivity contribution in [1.82, 2.24) is 15.0 Å². The molecule has 0 unspecified atom stereocenters. The van der Waals surface area contributed by atoms with Crippen LogP contribution in [0.15, 0.2) is 41.8 Å². The fraction of sp³-hybridized carbons (Fsp3) is 0.286. The predicted octanol–water partition coefficient (Wildman–Crippen LogP) is 4.95. The van der Waals surface area contributed by atoms with Crippen LogP contribution in [0.5, 0.6) is 0 Å². The molecule has 28 heavy (non-hydrogen) atoms. The van der Waals surface area contributed by atoms with Crippen LogP contribution in [0.1, 0.15) is 25.0 Å². The summed E-state index contributed by atoms with van der Waals surface area (Å²) in [6, 6.07) is 3.83. The van der Waals surface area contributed by atoms with Gasteiger partial charge in [-0.15, -0.1) is 17.9 Å². The maximum absolute atomic E-state index is 6.11. The first-order valence-corrected chi connectivity index (χ1v) is 10.0. The molecule has 1 aliphatic heterocycles. The van der Waals surface area contributed by atoms with E-state index in [0.29, 0.717) is 13.2 Å². The molecular weight excluding hydrogens is 372 g/mol. The van der Waals surface area contributed by atoms with E-state index in [2.05, 4.69) is 35.7 Å². The molecule has 1 aliphatic rings. The highest BCUT2D eigenvalue weighted by molar-refractivity contribution is 7.26. The maximum atomic E-state index is 6.11. The average molecular weight is 392 g/mol. The summed E-state index contributed by atoms with van der Waals surface area (Å²) in [7, 11) is 0. The van der Waals surface area contributed by atoms with Crippen molar-refractivity contribution in [3.05, 3.63) is 48.5 Å². The van der Waals surface area contributed by atoms with Gasteiger partial charge >= 0.3 is 0 Å². The zero-order valence-electron chi connectivity index (χ0n) is 15.8. The Kier molecular flexibility index (Phi) is 3.96. The zero-order chi connectivity index (χ0) is 19.3. The lowest BCUT2D eigenvalue weighted by atomic mass is 9.89. The molecule has 0 spiro atoms. The highest BCUT2D eigenvalue weighted by atomic mass is 32.1. The fourth-order valence-electron chi connectivity index (χ4n) is 3.72. The number of furan rings is 1. The number of fused-ring (bicyclic) bond motifs is 5. The topological polar surface area (TPSA) is 73.1 Å². The molecule has 7 heteroatoms. The first-order valence-electron chi connectivity index (χ1n) is 9.19. The van der Waals surface area contributed by atoms with Crippen LogP contribution in [-0.4, -0.2) is 27.1 Å². The Labute approximate surface area is 166 Å². The van der Waals surface area contributed by atoms with Gasteiger partial charge in [-0.25, -0.2) is 15.0 Å². The molecule has 0 aliphatic carbocycles. The Balaban J connectivity index is 1.84. The molecule has 0 radical (unpaired) electrons. The minimum Gasteiger partial charge on any atom is -0.463 e. The molecular formula is C21H20N4O2S. The van der Waals surface area contributed by atoms with E-state index in [0.717, 1.165) is 49.7 Å². The SMILES string of the molecule is C=CCNc1ncnc2c1sc1nc(-c3ccco3)c3c(c12)CC(C)(C)OC3. The Hall–Kier alpha value is -2.77. The first-order chi connectivity index (χ1) is 13.6. The summed E-state index contributed by atoms with van der Waals surface area (Å²) in [6.45, 7) is 9.16. The number of ether oxygens (including phenoxy) is 1. The van der Waals surface area contributed by atoms with Crippen molar-refractivity contribution < 1.29 is 9.15 Å². The number of nitrogens with one attached hydrogen (secondary N) is 1. The van der Waals surface area contributed by atoms with Gasteiger partial charge in [0.05, 0.1) is 28.7 Å². The van der Waals surface area contributed by atoms with Gasteiger partial charge in [0.2, 0.25) is 0 Å². The second-order valence-corrected chi connectivity index (χ2v) is 8.47. The van der Waals surface area contributed by atoms with Gasteiger partial charge in [-0.1, -0.05) is 6.08 Å². The molecule has 5 rings (SSSR count). The standard InChI is InChI=1S/C21H20N4O2S/c1-4-7-22-19-18-17(23-11-24-19)15-12-9-21(2,3)27-10-13(12)16(25-20(15)28-18)14-6-5-8-26-14/h4-6,8,11H,1,7,9-10H2,2-3H3,(H,22,23,24). The quantitative estimate of drug-likeness (QED) is 0.496. The van der Waals surface area contributed by atoms with Crippen molar-refractivity contribution in [3.63, 3.8) is 0 Å². The molecule has 0 atom stereocenters. The Morgan fingerprint density at radius 1 is 1.32 bits per heavy atom. The van der Waals surface area contributed by atoms with Crippen LogP contribution >= 0.6 is 11.3 Å². The Bertz CT molecular complexity index is 1190. The van der Waals surface area contributed by atoms with E-state index in [1.807, 2.05) is 18.2 Å². The second kappa shape index (κ2) is 6.39. The summed E-state index contributed by atoms with van der Waals surface area (Å²) < 4.78 is 12.8. The average Bonchev–Trinajstić information content (AvgIpc) is 3.32. The third-order valence-corrected chi connectivity index (χ3v) is 6.08. The molecule has 4 aromatic rings. The third kappa shape index (κ3) is 2.70. The van der Waals surface area contributed by atoms with Crippen molar-refractivity contribution >= 4 is 37.6 Å². The van der Waals surface area contributed by atoms with Crippen molar-refractivity contribution in [2.75, 3.05) is 11.9 Å². The summed E-state index contributed by atoms with van der Waals surface area (Å²) in [4.78, 5) is 14.9. The number of pyridine rings is 1. The fourth-order valence-corrected chi connectivity index (χ4v) is 4.84. The van der Waals surface area contributed by atoms with E-state index >= 15 is 0 Å². The number of nitrogens with zero attached hydrogens (tertiary/aromatic N) is 3. The van der Waals surface area contributed by atoms with Crippen molar-refractivity contribution in [1.29, 1.82) is 0 Å². The lowest BCUT2D eigenvalue weighted by molar-refractivity contribution is -0.0395. The second-order valence-electron chi connectivity index (χ2n) is 7.47. The van der Waals surface area contributed by atoms with Crippen molar-refractivity contribution in [2.24, 2.45) is 0 Å². The smallest absolute Gasteiger partial charge is 0.152 e. The summed E-state index contributed by atoms with van der Waals surface area (Å²) in [5.41, 5.74) is 3.87. The number of anilines is 1. The molecule has 0 amide bonds. The molecule has 0 bridgehead atoms. The Morgan fingerprint density at radius 3 is 3.00 bits per heavy atom. The van der Waals surface area contributed by atoms with Crippen LogP contribution in [0, 0.1) is 0 Å². The molecule has 6 nitrogen and oxygen atoms in total. The van der Waals surface area contributed by atoms with Crippen molar-refractivity contribution in [2.45, 2.75) is 32.5 Å². The van der Waals surface area contributed by atoms with E-state index in [1.54, 1.807) is 23.9 Å². The molecule has 1 N–H and O–H groups in total. The molecule has 5 heterocycles. The van der Waals surface area contributed by atoms with E-state index < -0.39 is 0 Å². The molecule has 0 fully saturated rings. The van der Waals surface area contributed by atoms with E-state index in [-0.39, 0.29) is 5.60 Å².